The Balaban J connectivity index is 2.05. The second-order valence-corrected chi connectivity index (χ2v) is 7.58. The Bertz CT molecular complexity index is 714. The number of hydrogen-bond donors (Lipinski definition) is 3. The number of halogens is 1. The van der Waals surface area contributed by atoms with Gasteiger partial charge in [0.1, 0.15) is 17.3 Å². The minimum Gasteiger partial charge on any atom is -0.467 e. The van der Waals surface area contributed by atoms with Gasteiger partial charge in [-0.1, -0.05) is 35.0 Å². The summed E-state index contributed by atoms with van der Waals surface area (Å²) in [7, 11) is -1.56. The zero-order valence-electron chi connectivity index (χ0n) is 13.4. The Kier molecular flexibility index (Phi) is 4.96. The third-order valence-electron chi connectivity index (χ3n) is 3.90. The summed E-state index contributed by atoms with van der Waals surface area (Å²) in [6.07, 6.45) is 1.16. The fraction of sp³-hybridized carbons (Fsp3) is 0.294. The predicted octanol–water partition coefficient (Wildman–Crippen LogP) is 4.35. The van der Waals surface area contributed by atoms with Crippen molar-refractivity contribution < 1.29 is 18.2 Å². The molecule has 0 radical (unpaired) electrons. The van der Waals surface area contributed by atoms with Crippen LogP contribution in [0.3, 0.4) is 0 Å². The highest BCUT2D eigenvalue weighted by molar-refractivity contribution is 8.26. The van der Waals surface area contributed by atoms with Crippen molar-refractivity contribution in [3.8, 4) is 5.75 Å². The lowest BCUT2D eigenvalue weighted by Crippen LogP contribution is -2.39. The third-order valence-corrected chi connectivity index (χ3v) is 5.87. The van der Waals surface area contributed by atoms with Gasteiger partial charge in [-0.2, -0.15) is 0 Å². The highest BCUT2D eigenvalue weighted by Crippen LogP contribution is 2.61. The van der Waals surface area contributed by atoms with Crippen molar-refractivity contribution in [2.24, 2.45) is 0 Å². The fourth-order valence-corrected chi connectivity index (χ4v) is 4.58. The van der Waals surface area contributed by atoms with Gasteiger partial charge in [0.15, 0.2) is 0 Å². The molecule has 0 spiro atoms. The molecule has 130 valence electrons. The van der Waals surface area contributed by atoms with Crippen LogP contribution in [0.1, 0.15) is 12.8 Å². The van der Waals surface area contributed by atoms with Crippen LogP contribution >= 0.6 is 10.8 Å². The van der Waals surface area contributed by atoms with Gasteiger partial charge >= 0.3 is 0 Å². The summed E-state index contributed by atoms with van der Waals surface area (Å²) in [5, 5.41) is 3.02. The fourth-order valence-electron chi connectivity index (χ4n) is 2.75. The van der Waals surface area contributed by atoms with Gasteiger partial charge in [-0.3, -0.25) is 9.11 Å². The molecule has 1 atom stereocenters. The molecule has 7 heteroatoms. The smallest absolute Gasteiger partial charge is 0.206 e. The molecule has 5 nitrogen and oxygen atoms in total. The summed E-state index contributed by atoms with van der Waals surface area (Å²) < 4.78 is 43.2. The van der Waals surface area contributed by atoms with Gasteiger partial charge in [-0.25, -0.2) is 8.70 Å². The summed E-state index contributed by atoms with van der Waals surface area (Å²) in [5.74, 6) is 0.00425. The Morgan fingerprint density at radius 1 is 1.12 bits per heavy atom. The largest absolute Gasteiger partial charge is 0.467 e. The molecule has 1 aliphatic heterocycles. The maximum atomic E-state index is 14.3. The highest BCUT2D eigenvalue weighted by Gasteiger charge is 2.41. The van der Waals surface area contributed by atoms with E-state index in [0.717, 1.165) is 6.54 Å². The van der Waals surface area contributed by atoms with Gasteiger partial charge in [0.05, 0.1) is 5.69 Å². The molecule has 0 aliphatic carbocycles. The van der Waals surface area contributed by atoms with E-state index >= 15 is 0 Å². The molecule has 1 aliphatic rings. The Labute approximate surface area is 142 Å². The summed E-state index contributed by atoms with van der Waals surface area (Å²) in [4.78, 5) is 0. The number of benzene rings is 2. The summed E-state index contributed by atoms with van der Waals surface area (Å²) in [5.41, 5.74) is -0.236. The van der Waals surface area contributed by atoms with Crippen LogP contribution in [-0.4, -0.2) is 28.1 Å². The number of anilines is 2. The standard InChI is InChI=1S/C17H21FN2O3S/c1-19-12-6-11-17-23-16-10-5-4-9-15(16)20(24(17,21)22)14-8-3-2-7-13(14)18/h2-5,7-10,17,19,21-22H,6,11-12H2,1H3/t17-/m1/s1. The van der Waals surface area contributed by atoms with Crippen LogP contribution in [0.2, 0.25) is 0 Å². The molecule has 0 unspecified atom stereocenters. The van der Waals surface area contributed by atoms with Gasteiger partial charge < -0.3 is 10.1 Å². The zero-order valence-corrected chi connectivity index (χ0v) is 14.2. The van der Waals surface area contributed by atoms with Crippen molar-refractivity contribution in [3.63, 3.8) is 0 Å². The quantitative estimate of drug-likeness (QED) is 0.698. The highest BCUT2D eigenvalue weighted by atomic mass is 32.3. The van der Waals surface area contributed by atoms with Gasteiger partial charge in [0.25, 0.3) is 0 Å². The lowest BCUT2D eigenvalue weighted by atomic mass is 10.2. The average Bonchev–Trinajstić information content (AvgIpc) is 2.56. The van der Waals surface area contributed by atoms with E-state index in [0.29, 0.717) is 24.3 Å². The van der Waals surface area contributed by atoms with Crippen LogP contribution in [-0.2, 0) is 0 Å². The number of para-hydroxylation sites is 3. The van der Waals surface area contributed by atoms with E-state index in [1.165, 1.54) is 16.4 Å². The third kappa shape index (κ3) is 3.08. The Morgan fingerprint density at radius 3 is 2.50 bits per heavy atom. The molecule has 3 rings (SSSR count). The molecule has 0 fully saturated rings. The van der Waals surface area contributed by atoms with Gasteiger partial charge in [-0.05, 0) is 44.3 Å². The second-order valence-electron chi connectivity index (χ2n) is 5.57. The molecule has 3 N–H and O–H groups in total. The first-order chi connectivity index (χ1) is 11.6. The van der Waals surface area contributed by atoms with E-state index < -0.39 is 22.0 Å². The second kappa shape index (κ2) is 6.98. The van der Waals surface area contributed by atoms with Crippen LogP contribution in [0.5, 0.6) is 5.75 Å². The van der Waals surface area contributed by atoms with E-state index in [-0.39, 0.29) is 5.69 Å². The monoisotopic (exact) mass is 352 g/mol. The van der Waals surface area contributed by atoms with Crippen LogP contribution < -0.4 is 14.4 Å². The van der Waals surface area contributed by atoms with E-state index in [4.69, 9.17) is 4.74 Å². The predicted molar refractivity (Wildman–Crippen MR) is 95.4 cm³/mol. The molecule has 0 saturated carbocycles. The number of nitrogens with zero attached hydrogens (tertiary/aromatic N) is 1. The maximum absolute atomic E-state index is 14.3. The molecule has 2 aromatic carbocycles. The van der Waals surface area contributed by atoms with E-state index in [1.54, 1.807) is 36.4 Å². The first-order valence-electron chi connectivity index (χ1n) is 7.78. The van der Waals surface area contributed by atoms with Crippen molar-refractivity contribution in [2.45, 2.75) is 18.3 Å². The van der Waals surface area contributed by atoms with Crippen molar-refractivity contribution >= 4 is 22.2 Å². The van der Waals surface area contributed by atoms with Crippen molar-refractivity contribution in [1.29, 1.82) is 0 Å². The molecule has 0 bridgehead atoms. The van der Waals surface area contributed by atoms with E-state index in [9.17, 15) is 13.5 Å². The lowest BCUT2D eigenvalue weighted by molar-refractivity contribution is 0.235. The van der Waals surface area contributed by atoms with Crippen LogP contribution in [0, 0.1) is 5.82 Å². The summed E-state index contributed by atoms with van der Waals surface area (Å²) in [6.45, 7) is 0.733. The summed E-state index contributed by atoms with van der Waals surface area (Å²) >= 11 is 0. The number of nitrogens with one attached hydrogen (secondary N) is 1. The van der Waals surface area contributed by atoms with Crippen molar-refractivity contribution in [1.82, 2.24) is 5.32 Å². The van der Waals surface area contributed by atoms with Gasteiger partial charge in [0, 0.05) is 6.42 Å². The minimum absolute atomic E-state index is 0.131. The molecule has 0 saturated heterocycles. The Hall–Kier alpha value is -1.80. The number of fused-ring (bicyclic) bond motifs is 1. The van der Waals surface area contributed by atoms with Crippen LogP contribution in [0.25, 0.3) is 0 Å². The SMILES string of the molecule is CNCCC[C@@H]1Oc2ccccc2N(c2ccccc2F)S1(O)O. The molecular weight excluding hydrogens is 331 g/mol. The molecular formula is C17H21FN2O3S. The first-order valence-corrected chi connectivity index (χ1v) is 9.34. The molecule has 0 amide bonds. The normalized spacial score (nSPS) is 20.2. The molecule has 2 aromatic rings. The average molecular weight is 352 g/mol. The van der Waals surface area contributed by atoms with E-state index in [1.807, 2.05) is 7.05 Å². The number of hydrogen-bond acceptors (Lipinski definition) is 5. The summed E-state index contributed by atoms with van der Waals surface area (Å²) in [6, 6.07) is 13.1. The molecule has 0 aromatic heterocycles. The van der Waals surface area contributed by atoms with Gasteiger partial charge in [-0.15, -0.1) is 0 Å². The Morgan fingerprint density at radius 2 is 1.79 bits per heavy atom. The van der Waals surface area contributed by atoms with Crippen molar-refractivity contribution in [2.75, 3.05) is 17.9 Å². The minimum atomic E-state index is -3.39. The number of ether oxygens (including phenoxy) is 1. The van der Waals surface area contributed by atoms with Crippen LogP contribution in [0.4, 0.5) is 15.8 Å². The number of rotatable bonds is 5. The van der Waals surface area contributed by atoms with Crippen LogP contribution in [0.15, 0.2) is 48.5 Å². The lowest BCUT2D eigenvalue weighted by Gasteiger charge is -2.51. The van der Waals surface area contributed by atoms with Crippen molar-refractivity contribution in [3.05, 3.63) is 54.3 Å². The maximum Gasteiger partial charge on any atom is 0.206 e. The molecule has 1 heterocycles. The molecule has 24 heavy (non-hydrogen) atoms. The first kappa shape index (κ1) is 17.0. The van der Waals surface area contributed by atoms with Gasteiger partial charge in [0.2, 0.25) is 5.44 Å². The van der Waals surface area contributed by atoms with E-state index in [2.05, 4.69) is 5.32 Å². The topological polar surface area (TPSA) is 65.0 Å². The zero-order chi connectivity index (χ0) is 17.2.